The lowest BCUT2D eigenvalue weighted by molar-refractivity contribution is -0.615. The molecule has 0 amide bonds. The summed E-state index contributed by atoms with van der Waals surface area (Å²) in [5, 5.41) is 34.9. The van der Waals surface area contributed by atoms with E-state index in [-0.39, 0.29) is 39.6 Å². The molecule has 0 unspecified atom stereocenters. The van der Waals surface area contributed by atoms with Gasteiger partial charge in [-0.05, 0) is 34.7 Å². The monoisotopic (exact) mass is 584 g/mol. The molecule has 5 aromatic heterocycles. The standard InChI is InChI=1S/C24H16ClF3N10OS/c25-16-2-4-19(36-13-30-33-34-36)22(23(16)26)14-1-3-18(37(39)12-14)20(9-21-29-7-8-40-21)35-11-15(10-32-35)17-5-6-31-38(17)24(27)28/h1-8,10-13,20,24H,9H2/t20-/m1/s1. The fourth-order valence-electron chi connectivity index (χ4n) is 4.37. The molecule has 16 heteroatoms. The topological polar surface area (TPSA) is 119 Å². The predicted octanol–water partition coefficient (Wildman–Crippen LogP) is 4.50. The molecular formula is C24H16ClF3N10OS. The molecule has 0 spiro atoms. The number of alkyl halides is 2. The van der Waals surface area contributed by atoms with Crippen LogP contribution in [0, 0.1) is 11.0 Å². The quantitative estimate of drug-likeness (QED) is 0.191. The van der Waals surface area contributed by atoms with E-state index >= 15 is 4.39 Å². The Balaban J connectivity index is 1.43. The second-order valence-electron chi connectivity index (χ2n) is 8.47. The van der Waals surface area contributed by atoms with Crippen molar-refractivity contribution in [3.63, 3.8) is 0 Å². The Morgan fingerprint density at radius 3 is 2.67 bits per heavy atom. The molecule has 0 N–H and O–H groups in total. The molecule has 202 valence electrons. The van der Waals surface area contributed by atoms with Crippen molar-refractivity contribution in [1.82, 2.24) is 44.8 Å². The number of halogens is 4. The maximum absolute atomic E-state index is 15.3. The van der Waals surface area contributed by atoms with E-state index in [9.17, 15) is 14.0 Å². The average Bonchev–Trinajstić information content (AvgIpc) is 3.75. The van der Waals surface area contributed by atoms with Gasteiger partial charge in [0, 0.05) is 42.0 Å². The van der Waals surface area contributed by atoms with Crippen molar-refractivity contribution in [1.29, 1.82) is 0 Å². The van der Waals surface area contributed by atoms with Gasteiger partial charge in [-0.2, -0.15) is 28.4 Å². The molecule has 11 nitrogen and oxygen atoms in total. The van der Waals surface area contributed by atoms with Crippen LogP contribution >= 0.6 is 22.9 Å². The molecule has 0 radical (unpaired) electrons. The highest BCUT2D eigenvalue weighted by Gasteiger charge is 2.27. The van der Waals surface area contributed by atoms with Gasteiger partial charge in [0.05, 0.1) is 38.7 Å². The fourth-order valence-corrected chi connectivity index (χ4v) is 5.18. The van der Waals surface area contributed by atoms with Crippen molar-refractivity contribution in [3.05, 3.63) is 99.8 Å². The third kappa shape index (κ3) is 4.69. The predicted molar refractivity (Wildman–Crippen MR) is 137 cm³/mol. The third-order valence-electron chi connectivity index (χ3n) is 6.17. The lowest BCUT2D eigenvalue weighted by atomic mass is 10.0. The van der Waals surface area contributed by atoms with E-state index in [4.69, 9.17) is 11.6 Å². The number of pyridine rings is 1. The first-order chi connectivity index (χ1) is 19.4. The molecular weight excluding hydrogens is 569 g/mol. The van der Waals surface area contributed by atoms with Gasteiger partial charge in [0.2, 0.25) is 5.69 Å². The summed E-state index contributed by atoms with van der Waals surface area (Å²) in [6, 6.07) is 6.83. The summed E-state index contributed by atoms with van der Waals surface area (Å²) >= 11 is 7.46. The summed E-state index contributed by atoms with van der Waals surface area (Å²) < 4.78 is 46.0. The molecule has 1 atom stereocenters. The van der Waals surface area contributed by atoms with E-state index in [0.717, 1.165) is 5.01 Å². The first kappa shape index (κ1) is 25.6. The second-order valence-corrected chi connectivity index (χ2v) is 9.86. The van der Waals surface area contributed by atoms with Crippen LogP contribution in [0.4, 0.5) is 13.2 Å². The Morgan fingerprint density at radius 1 is 1.07 bits per heavy atom. The summed E-state index contributed by atoms with van der Waals surface area (Å²) in [4.78, 5) is 4.32. The number of tetrazole rings is 1. The van der Waals surface area contributed by atoms with Gasteiger partial charge in [0.1, 0.15) is 12.4 Å². The number of aromatic nitrogens is 10. The summed E-state index contributed by atoms with van der Waals surface area (Å²) in [5.74, 6) is -0.742. The van der Waals surface area contributed by atoms with Crippen LogP contribution in [0.3, 0.4) is 0 Å². The molecule has 0 fully saturated rings. The van der Waals surface area contributed by atoms with Gasteiger partial charge < -0.3 is 5.21 Å². The van der Waals surface area contributed by atoms with Crippen LogP contribution in [0.5, 0.6) is 0 Å². The van der Waals surface area contributed by atoms with Crippen molar-refractivity contribution in [2.45, 2.75) is 19.0 Å². The van der Waals surface area contributed by atoms with Crippen molar-refractivity contribution >= 4 is 22.9 Å². The van der Waals surface area contributed by atoms with Crippen molar-refractivity contribution in [2.24, 2.45) is 0 Å². The summed E-state index contributed by atoms with van der Waals surface area (Å²) in [5.41, 5.74) is 1.39. The third-order valence-corrected chi connectivity index (χ3v) is 7.26. The molecule has 6 aromatic rings. The van der Waals surface area contributed by atoms with Crippen LogP contribution < -0.4 is 4.73 Å². The number of nitrogens with zero attached hydrogens (tertiary/aromatic N) is 10. The van der Waals surface area contributed by atoms with Gasteiger partial charge in [0.25, 0.3) is 0 Å². The number of thiazole rings is 1. The maximum Gasteiger partial charge on any atom is 0.333 e. The van der Waals surface area contributed by atoms with Gasteiger partial charge in [0.15, 0.2) is 12.0 Å². The van der Waals surface area contributed by atoms with Crippen molar-refractivity contribution in [2.75, 3.05) is 0 Å². The lowest BCUT2D eigenvalue weighted by Crippen LogP contribution is -2.36. The SMILES string of the molecule is [O-][n+]1cc(-c2c(-n3cnnn3)ccc(Cl)c2F)ccc1[C@@H](Cc1nccs1)n1cc(-c2ccnn2C(F)F)cn1. The van der Waals surface area contributed by atoms with E-state index in [0.29, 0.717) is 15.0 Å². The van der Waals surface area contributed by atoms with Gasteiger partial charge in [-0.25, -0.2) is 14.1 Å². The Kier molecular flexibility index (Phi) is 6.73. The van der Waals surface area contributed by atoms with Crippen LogP contribution in [-0.2, 0) is 6.42 Å². The highest BCUT2D eigenvalue weighted by atomic mass is 35.5. The molecule has 1 aromatic carbocycles. The smallest absolute Gasteiger partial charge is 0.333 e. The number of benzene rings is 1. The van der Waals surface area contributed by atoms with Crippen LogP contribution in [-0.4, -0.2) is 44.8 Å². The van der Waals surface area contributed by atoms with Crippen molar-refractivity contribution < 1.29 is 17.9 Å². The summed E-state index contributed by atoms with van der Waals surface area (Å²) in [6.07, 6.45) is 8.71. The molecule has 5 heterocycles. The van der Waals surface area contributed by atoms with E-state index in [1.165, 1.54) is 57.8 Å². The zero-order chi connectivity index (χ0) is 27.8. The summed E-state index contributed by atoms with van der Waals surface area (Å²) in [6.45, 7) is -2.83. The second kappa shape index (κ2) is 10.5. The lowest BCUT2D eigenvalue weighted by Gasteiger charge is -2.17. The number of hydrogen-bond donors (Lipinski definition) is 0. The minimum atomic E-state index is -2.83. The van der Waals surface area contributed by atoms with Crippen LogP contribution in [0.15, 0.2) is 73.0 Å². The Labute approximate surface area is 232 Å². The van der Waals surface area contributed by atoms with E-state index in [2.05, 4.69) is 30.7 Å². The van der Waals surface area contributed by atoms with Crippen LogP contribution in [0.1, 0.15) is 23.3 Å². The zero-order valence-corrected chi connectivity index (χ0v) is 21.7. The largest absolute Gasteiger partial charge is 0.618 e. The molecule has 40 heavy (non-hydrogen) atoms. The van der Waals surface area contributed by atoms with Gasteiger partial charge in [-0.1, -0.05) is 11.6 Å². The van der Waals surface area contributed by atoms with Gasteiger partial charge in [-0.15, -0.1) is 16.4 Å². The molecule has 0 saturated carbocycles. The zero-order valence-electron chi connectivity index (χ0n) is 20.1. The van der Waals surface area contributed by atoms with Gasteiger partial charge >= 0.3 is 6.55 Å². The van der Waals surface area contributed by atoms with E-state index in [1.54, 1.807) is 36.0 Å². The molecule has 0 aliphatic carbocycles. The first-order valence-corrected chi connectivity index (χ1v) is 12.9. The summed E-state index contributed by atoms with van der Waals surface area (Å²) in [7, 11) is 0. The normalized spacial score (nSPS) is 12.3. The molecule has 0 aliphatic rings. The molecule has 0 aliphatic heterocycles. The molecule has 0 saturated heterocycles. The Morgan fingerprint density at radius 2 is 1.95 bits per heavy atom. The van der Waals surface area contributed by atoms with Crippen LogP contribution in [0.2, 0.25) is 5.02 Å². The Bertz CT molecular complexity index is 1770. The van der Waals surface area contributed by atoms with Gasteiger partial charge in [-0.3, -0.25) is 4.68 Å². The average molecular weight is 585 g/mol. The number of rotatable bonds is 8. The van der Waals surface area contributed by atoms with Crippen molar-refractivity contribution in [3.8, 4) is 28.1 Å². The highest BCUT2D eigenvalue weighted by molar-refractivity contribution is 7.09. The van der Waals surface area contributed by atoms with E-state index < -0.39 is 18.4 Å². The van der Waals surface area contributed by atoms with Crippen LogP contribution in [0.25, 0.3) is 28.1 Å². The molecule has 6 rings (SSSR count). The first-order valence-electron chi connectivity index (χ1n) is 11.6. The molecule has 0 bridgehead atoms. The maximum atomic E-state index is 15.3. The van der Waals surface area contributed by atoms with E-state index in [1.807, 2.05) is 0 Å². The number of hydrogen-bond acceptors (Lipinski definition) is 8. The minimum absolute atomic E-state index is 0.0362. The Hall–Kier alpha value is -4.63. The fraction of sp³-hybridized carbons (Fsp3) is 0.125. The minimum Gasteiger partial charge on any atom is -0.618 e. The highest BCUT2D eigenvalue weighted by Crippen LogP contribution is 2.34.